The molecule has 0 bridgehead atoms. The Hall–Kier alpha value is -3.40. The highest BCUT2D eigenvalue weighted by Crippen LogP contribution is 2.33. The van der Waals surface area contributed by atoms with Crippen LogP contribution < -0.4 is 10.2 Å². The first-order chi connectivity index (χ1) is 16.9. The summed E-state index contributed by atoms with van der Waals surface area (Å²) in [5.41, 5.74) is 1.80. The lowest BCUT2D eigenvalue weighted by Gasteiger charge is -2.31. The van der Waals surface area contributed by atoms with Gasteiger partial charge in [0.2, 0.25) is 17.7 Å². The topological polar surface area (TPSA) is 101 Å². The second-order valence-corrected chi connectivity index (χ2v) is 8.68. The van der Waals surface area contributed by atoms with E-state index in [2.05, 4.69) is 20.3 Å². The van der Waals surface area contributed by atoms with Crippen molar-refractivity contribution in [2.45, 2.75) is 43.6 Å². The van der Waals surface area contributed by atoms with Crippen LogP contribution in [-0.4, -0.2) is 51.2 Å². The molecule has 1 fully saturated rings. The number of anilines is 1. The molecule has 1 aliphatic rings. The summed E-state index contributed by atoms with van der Waals surface area (Å²) in [6.45, 7) is -0.0324. The Balaban J connectivity index is 1.56. The van der Waals surface area contributed by atoms with E-state index < -0.39 is 17.7 Å². The average molecular weight is 504 g/mol. The molecule has 1 N–H and O–H groups in total. The monoisotopic (exact) mass is 503 g/mol. The van der Waals surface area contributed by atoms with Crippen LogP contribution in [0.25, 0.3) is 11.3 Å². The van der Waals surface area contributed by atoms with Gasteiger partial charge in [-0.15, -0.1) is 11.6 Å². The van der Waals surface area contributed by atoms with Crippen LogP contribution in [0.15, 0.2) is 60.0 Å². The van der Waals surface area contributed by atoms with Crippen LogP contribution in [0.3, 0.4) is 0 Å². The molecular weight excluding hydrogens is 480 g/mol. The van der Waals surface area contributed by atoms with Gasteiger partial charge < -0.3 is 14.6 Å². The van der Waals surface area contributed by atoms with Gasteiger partial charge in [-0.3, -0.25) is 9.59 Å². The summed E-state index contributed by atoms with van der Waals surface area (Å²) in [5.74, 6) is -4.04. The number of rotatable bonds is 8. The molecular formula is C24H24ClF2N5O3. The lowest BCUT2D eigenvalue weighted by atomic mass is 9.91. The number of nitrogens with one attached hydrogen (secondary N) is 1. The molecule has 1 atom stereocenters. The minimum Gasteiger partial charge on any atom is -0.444 e. The van der Waals surface area contributed by atoms with Gasteiger partial charge in [0.25, 0.3) is 0 Å². The zero-order valence-electron chi connectivity index (χ0n) is 18.7. The van der Waals surface area contributed by atoms with E-state index in [0.29, 0.717) is 17.0 Å². The third-order valence-electron chi connectivity index (χ3n) is 6.04. The van der Waals surface area contributed by atoms with Gasteiger partial charge in [-0.2, -0.15) is 0 Å². The molecule has 2 heterocycles. The van der Waals surface area contributed by atoms with Crippen molar-refractivity contribution in [3.8, 4) is 11.3 Å². The van der Waals surface area contributed by atoms with Crippen LogP contribution in [0.2, 0.25) is 0 Å². The smallest absolute Gasteiger partial charge is 0.248 e. The summed E-state index contributed by atoms with van der Waals surface area (Å²) < 4.78 is 32.4. The Morgan fingerprint density at radius 1 is 1.11 bits per heavy atom. The Bertz CT molecular complexity index is 1120. The Morgan fingerprint density at radius 3 is 2.40 bits per heavy atom. The molecule has 184 valence electrons. The number of carbonyl (C=O) groups is 2. The fraction of sp³-hybridized carbons (Fsp3) is 0.375. The van der Waals surface area contributed by atoms with Gasteiger partial charge in [0.05, 0.1) is 12.1 Å². The first-order valence-corrected chi connectivity index (χ1v) is 11.7. The lowest BCUT2D eigenvalue weighted by Crippen LogP contribution is -2.46. The maximum absolute atomic E-state index is 13.5. The van der Waals surface area contributed by atoms with E-state index in [4.69, 9.17) is 16.0 Å². The largest absolute Gasteiger partial charge is 0.444 e. The van der Waals surface area contributed by atoms with Crippen molar-refractivity contribution in [3.63, 3.8) is 0 Å². The van der Waals surface area contributed by atoms with Crippen LogP contribution >= 0.6 is 11.6 Å². The second kappa shape index (κ2) is 10.9. The predicted molar refractivity (Wildman–Crippen MR) is 125 cm³/mol. The molecule has 0 radical (unpaired) electrons. The van der Waals surface area contributed by atoms with Gasteiger partial charge in [-0.25, -0.2) is 23.7 Å². The number of alkyl halides is 3. The molecule has 4 rings (SSSR count). The summed E-state index contributed by atoms with van der Waals surface area (Å²) in [7, 11) is 0. The van der Waals surface area contributed by atoms with Crippen molar-refractivity contribution in [2.24, 2.45) is 0 Å². The van der Waals surface area contributed by atoms with Crippen LogP contribution in [0.1, 0.15) is 37.2 Å². The minimum atomic E-state index is -2.70. The molecule has 1 aromatic carbocycles. The van der Waals surface area contributed by atoms with Gasteiger partial charge in [0.1, 0.15) is 12.2 Å². The molecule has 35 heavy (non-hydrogen) atoms. The molecule has 8 nitrogen and oxygen atoms in total. The molecule has 1 aliphatic carbocycles. The van der Waals surface area contributed by atoms with Crippen LogP contribution in [0.5, 0.6) is 0 Å². The second-order valence-electron chi connectivity index (χ2n) is 8.41. The number of nitrogens with zero attached hydrogens (tertiary/aromatic N) is 4. The molecule has 1 unspecified atom stereocenters. The third-order valence-corrected chi connectivity index (χ3v) is 6.27. The zero-order chi connectivity index (χ0) is 24.8. The highest BCUT2D eigenvalue weighted by molar-refractivity contribution is 6.29. The Kier molecular flexibility index (Phi) is 7.70. The van der Waals surface area contributed by atoms with Crippen molar-refractivity contribution >= 4 is 29.1 Å². The SMILES string of the molecule is O=C(NC1CCC(F)(F)CC1)C(CN(C(=O)CCl)c1ccc(-c2cnco2)cc1)c1cncnc1. The first-order valence-electron chi connectivity index (χ1n) is 11.1. The van der Waals surface area contributed by atoms with Crippen molar-refractivity contribution < 1.29 is 22.8 Å². The van der Waals surface area contributed by atoms with E-state index in [-0.39, 0.29) is 50.1 Å². The van der Waals surface area contributed by atoms with Crippen LogP contribution in [0, 0.1) is 0 Å². The van der Waals surface area contributed by atoms with Crippen LogP contribution in [0.4, 0.5) is 14.5 Å². The first kappa shape index (κ1) is 24.7. The molecule has 0 saturated heterocycles. The number of aromatic nitrogens is 3. The Labute approximate surface area is 205 Å². The summed E-state index contributed by atoms with van der Waals surface area (Å²) in [5, 5.41) is 2.88. The summed E-state index contributed by atoms with van der Waals surface area (Å²) in [6.07, 6.45) is 7.07. The Morgan fingerprint density at radius 2 is 1.80 bits per heavy atom. The molecule has 1 saturated carbocycles. The summed E-state index contributed by atoms with van der Waals surface area (Å²) in [4.78, 5) is 39.4. The number of halogens is 3. The molecule has 0 aliphatic heterocycles. The normalized spacial score (nSPS) is 16.4. The van der Waals surface area contributed by atoms with Crippen LogP contribution in [-0.2, 0) is 9.59 Å². The summed E-state index contributed by atoms with van der Waals surface area (Å²) in [6, 6.07) is 6.62. The fourth-order valence-electron chi connectivity index (χ4n) is 4.09. The molecule has 2 amide bonds. The van der Waals surface area contributed by atoms with E-state index in [0.717, 1.165) is 5.56 Å². The fourth-order valence-corrected chi connectivity index (χ4v) is 4.23. The van der Waals surface area contributed by atoms with Crippen molar-refractivity contribution in [1.29, 1.82) is 0 Å². The van der Waals surface area contributed by atoms with E-state index in [9.17, 15) is 18.4 Å². The predicted octanol–water partition coefficient (Wildman–Crippen LogP) is 4.18. The number of hydrogen-bond donors (Lipinski definition) is 1. The molecule has 0 spiro atoms. The van der Waals surface area contributed by atoms with E-state index in [1.54, 1.807) is 30.5 Å². The quantitative estimate of drug-likeness (QED) is 0.463. The van der Waals surface area contributed by atoms with Gasteiger partial charge in [0, 0.05) is 54.6 Å². The average Bonchev–Trinajstić information content (AvgIpc) is 3.41. The number of oxazole rings is 1. The number of hydrogen-bond acceptors (Lipinski definition) is 6. The standard InChI is InChI=1S/C24H24ClF2N5O3/c25-9-22(33)32(19-3-1-16(2-4-19)21-12-30-15-35-21)13-20(17-10-28-14-29-11-17)23(34)31-18-5-7-24(26,27)8-6-18/h1-4,10-12,14-15,18,20H,5-9,13H2,(H,31,34). The van der Waals surface area contributed by atoms with Crippen molar-refractivity contribution in [2.75, 3.05) is 17.3 Å². The van der Waals surface area contributed by atoms with Gasteiger partial charge in [-0.05, 0) is 37.1 Å². The highest BCUT2D eigenvalue weighted by atomic mass is 35.5. The number of amides is 2. The van der Waals surface area contributed by atoms with Gasteiger partial charge in [0.15, 0.2) is 12.2 Å². The highest BCUT2D eigenvalue weighted by Gasteiger charge is 2.36. The molecule has 2 aromatic heterocycles. The maximum atomic E-state index is 13.5. The van der Waals surface area contributed by atoms with E-state index >= 15 is 0 Å². The maximum Gasteiger partial charge on any atom is 0.248 e. The zero-order valence-corrected chi connectivity index (χ0v) is 19.5. The van der Waals surface area contributed by atoms with Gasteiger partial charge >= 0.3 is 0 Å². The van der Waals surface area contributed by atoms with Gasteiger partial charge in [-0.1, -0.05) is 0 Å². The van der Waals surface area contributed by atoms with Crippen molar-refractivity contribution in [3.05, 3.63) is 61.1 Å². The van der Waals surface area contributed by atoms with Crippen molar-refractivity contribution in [1.82, 2.24) is 20.3 Å². The van der Waals surface area contributed by atoms with E-state index in [1.165, 1.54) is 30.0 Å². The minimum absolute atomic E-state index is 0.0324. The number of benzene rings is 1. The van der Waals surface area contributed by atoms with E-state index in [1.807, 2.05) is 0 Å². The number of carbonyl (C=O) groups excluding carboxylic acids is 2. The summed E-state index contributed by atoms with van der Waals surface area (Å²) >= 11 is 5.89. The molecule has 11 heteroatoms. The molecule has 3 aromatic rings. The lowest BCUT2D eigenvalue weighted by molar-refractivity contribution is -0.124. The third kappa shape index (κ3) is 6.19.